The Morgan fingerprint density at radius 3 is 2.91 bits per heavy atom. The molecule has 0 heterocycles. The van der Waals surface area contributed by atoms with Crippen molar-refractivity contribution in [3.05, 3.63) is 12.2 Å². The number of oxime groups is 1. The highest BCUT2D eigenvalue weighted by Gasteiger charge is 2.13. The maximum absolute atomic E-state index is 8.56. The van der Waals surface area contributed by atoms with E-state index in [2.05, 4.69) is 17.3 Å². The number of rotatable bonds is 0. The van der Waals surface area contributed by atoms with Gasteiger partial charge in [0.15, 0.2) is 0 Å². The molecule has 1 aliphatic carbocycles. The van der Waals surface area contributed by atoms with E-state index < -0.39 is 0 Å². The lowest BCUT2D eigenvalue weighted by molar-refractivity contribution is 0.316. The molecule has 0 amide bonds. The van der Waals surface area contributed by atoms with Crippen LogP contribution in [0.2, 0.25) is 0 Å². The molecule has 0 saturated carbocycles. The summed E-state index contributed by atoms with van der Waals surface area (Å²) in [6.45, 7) is 0. The van der Waals surface area contributed by atoms with Gasteiger partial charge >= 0.3 is 0 Å². The molecular weight excluding hydrogens is 162 g/mol. The highest BCUT2D eigenvalue weighted by Crippen LogP contribution is 2.15. The Bertz CT molecular complexity index is 177. The first-order chi connectivity index (χ1) is 5.34. The maximum Gasteiger partial charge on any atom is 0.0754 e. The Hall–Kier alpha value is -0.500. The third-order valence-corrected chi connectivity index (χ3v) is 2.28. The summed E-state index contributed by atoms with van der Waals surface area (Å²) in [4.78, 5) is 0. The lowest BCUT2D eigenvalue weighted by Gasteiger charge is -2.11. The van der Waals surface area contributed by atoms with Crippen molar-refractivity contribution in [3.63, 3.8) is 0 Å². The van der Waals surface area contributed by atoms with Crippen molar-refractivity contribution in [2.45, 2.75) is 31.1 Å². The highest BCUT2D eigenvalue weighted by atomic mass is 35.5. The number of hydrogen-bond acceptors (Lipinski definition) is 2. The fourth-order valence-corrected chi connectivity index (χ4v) is 1.42. The van der Waals surface area contributed by atoms with Crippen LogP contribution < -0.4 is 0 Å². The Morgan fingerprint density at radius 2 is 2.18 bits per heavy atom. The summed E-state index contributed by atoms with van der Waals surface area (Å²) in [5.41, 5.74) is 0.719. The second kappa shape index (κ2) is 4.39. The maximum atomic E-state index is 8.56. The molecule has 0 saturated heterocycles. The van der Waals surface area contributed by atoms with E-state index in [9.17, 15) is 0 Å². The number of nitrogens with zero attached hydrogens (tertiary/aromatic N) is 1. The van der Waals surface area contributed by atoms with Gasteiger partial charge in [0.05, 0.1) is 11.1 Å². The molecular formula is C8H12ClNO. The van der Waals surface area contributed by atoms with E-state index in [1.54, 1.807) is 0 Å². The molecule has 3 heteroatoms. The average molecular weight is 174 g/mol. The standard InChI is InChI=1S/C8H12ClNO/c9-7-5-3-1-2-4-6-8(7)10-11/h1-2,7,11H,3-6H2. The first-order valence-corrected chi connectivity index (χ1v) is 4.28. The van der Waals surface area contributed by atoms with E-state index in [1.165, 1.54) is 0 Å². The number of alkyl halides is 1. The van der Waals surface area contributed by atoms with Gasteiger partial charge in [-0.05, 0) is 25.7 Å². The Kier molecular flexibility index (Phi) is 3.43. The molecule has 0 aromatic carbocycles. The largest absolute Gasteiger partial charge is 0.411 e. The van der Waals surface area contributed by atoms with Crippen molar-refractivity contribution >= 4 is 17.3 Å². The summed E-state index contributed by atoms with van der Waals surface area (Å²) < 4.78 is 0. The monoisotopic (exact) mass is 173 g/mol. The van der Waals surface area contributed by atoms with Crippen molar-refractivity contribution < 1.29 is 5.21 Å². The van der Waals surface area contributed by atoms with E-state index in [-0.39, 0.29) is 5.38 Å². The van der Waals surface area contributed by atoms with Crippen molar-refractivity contribution in [2.24, 2.45) is 5.16 Å². The van der Waals surface area contributed by atoms with Crippen LogP contribution in [0.4, 0.5) is 0 Å². The predicted octanol–water partition coefficient (Wildman–Crippen LogP) is 2.55. The van der Waals surface area contributed by atoms with Crippen LogP contribution in [0.25, 0.3) is 0 Å². The van der Waals surface area contributed by atoms with E-state index in [0.29, 0.717) is 0 Å². The molecule has 0 aromatic heterocycles. The van der Waals surface area contributed by atoms with Crippen LogP contribution in [-0.4, -0.2) is 16.3 Å². The molecule has 1 atom stereocenters. The molecule has 0 aliphatic heterocycles. The molecule has 11 heavy (non-hydrogen) atoms. The van der Waals surface area contributed by atoms with Gasteiger partial charge in [0.25, 0.3) is 0 Å². The minimum Gasteiger partial charge on any atom is -0.411 e. The summed E-state index contributed by atoms with van der Waals surface area (Å²) in [6, 6.07) is 0. The topological polar surface area (TPSA) is 32.6 Å². The van der Waals surface area contributed by atoms with Crippen molar-refractivity contribution in [3.8, 4) is 0 Å². The van der Waals surface area contributed by atoms with Crippen LogP contribution in [0.5, 0.6) is 0 Å². The third-order valence-electron chi connectivity index (χ3n) is 1.81. The minimum absolute atomic E-state index is 0.0787. The van der Waals surface area contributed by atoms with Gasteiger partial charge in [0, 0.05) is 0 Å². The zero-order valence-electron chi connectivity index (χ0n) is 6.33. The summed E-state index contributed by atoms with van der Waals surface area (Å²) in [7, 11) is 0. The summed E-state index contributed by atoms with van der Waals surface area (Å²) in [5, 5.41) is 11.7. The first-order valence-electron chi connectivity index (χ1n) is 3.84. The Balaban J connectivity index is 2.58. The van der Waals surface area contributed by atoms with E-state index in [0.717, 1.165) is 31.4 Å². The van der Waals surface area contributed by atoms with Gasteiger partial charge in [0.1, 0.15) is 0 Å². The molecule has 0 bridgehead atoms. The fraction of sp³-hybridized carbons (Fsp3) is 0.625. The van der Waals surface area contributed by atoms with E-state index in [4.69, 9.17) is 16.8 Å². The zero-order valence-corrected chi connectivity index (χ0v) is 7.09. The fourth-order valence-electron chi connectivity index (χ4n) is 1.15. The van der Waals surface area contributed by atoms with E-state index in [1.807, 2.05) is 0 Å². The Labute approximate surface area is 71.5 Å². The second-order valence-corrected chi connectivity index (χ2v) is 3.17. The lowest BCUT2D eigenvalue weighted by Crippen LogP contribution is -2.15. The highest BCUT2D eigenvalue weighted by molar-refractivity contribution is 6.32. The van der Waals surface area contributed by atoms with Gasteiger partial charge in [-0.2, -0.15) is 0 Å². The summed E-state index contributed by atoms with van der Waals surface area (Å²) >= 11 is 5.94. The minimum atomic E-state index is -0.0787. The summed E-state index contributed by atoms with van der Waals surface area (Å²) in [6.07, 6.45) is 7.80. The normalized spacial score (nSPS) is 29.9. The van der Waals surface area contributed by atoms with Gasteiger partial charge in [-0.1, -0.05) is 17.3 Å². The predicted molar refractivity (Wildman–Crippen MR) is 46.5 cm³/mol. The molecule has 1 N–H and O–H groups in total. The van der Waals surface area contributed by atoms with Gasteiger partial charge in [0.2, 0.25) is 0 Å². The average Bonchev–Trinajstić information content (AvgIpc) is 1.98. The van der Waals surface area contributed by atoms with Crippen LogP contribution in [0.15, 0.2) is 17.3 Å². The van der Waals surface area contributed by atoms with Crippen molar-refractivity contribution in [1.29, 1.82) is 0 Å². The van der Waals surface area contributed by atoms with Crippen LogP contribution >= 0.6 is 11.6 Å². The number of hydrogen-bond donors (Lipinski definition) is 1. The number of halogens is 1. The molecule has 0 spiro atoms. The quantitative estimate of drug-likeness (QED) is 0.260. The molecule has 1 unspecified atom stereocenters. The molecule has 2 nitrogen and oxygen atoms in total. The molecule has 1 rings (SSSR count). The number of allylic oxidation sites excluding steroid dienone is 2. The first kappa shape index (κ1) is 8.60. The molecule has 0 aromatic rings. The van der Waals surface area contributed by atoms with Gasteiger partial charge in [-0.3, -0.25) is 0 Å². The third kappa shape index (κ3) is 2.54. The van der Waals surface area contributed by atoms with Crippen molar-refractivity contribution in [2.75, 3.05) is 0 Å². The van der Waals surface area contributed by atoms with Crippen molar-refractivity contribution in [1.82, 2.24) is 0 Å². The van der Waals surface area contributed by atoms with Crippen LogP contribution in [0.1, 0.15) is 25.7 Å². The van der Waals surface area contributed by atoms with Gasteiger partial charge < -0.3 is 5.21 Å². The van der Waals surface area contributed by atoms with E-state index >= 15 is 0 Å². The lowest BCUT2D eigenvalue weighted by atomic mass is 10.0. The van der Waals surface area contributed by atoms with Gasteiger partial charge in [-0.15, -0.1) is 11.6 Å². The van der Waals surface area contributed by atoms with Crippen LogP contribution in [0.3, 0.4) is 0 Å². The summed E-state index contributed by atoms with van der Waals surface area (Å²) in [5.74, 6) is 0. The molecule has 0 fully saturated rings. The smallest absolute Gasteiger partial charge is 0.0754 e. The Morgan fingerprint density at radius 1 is 1.45 bits per heavy atom. The van der Waals surface area contributed by atoms with Crippen LogP contribution in [0, 0.1) is 0 Å². The molecule has 62 valence electrons. The van der Waals surface area contributed by atoms with Crippen LogP contribution in [-0.2, 0) is 0 Å². The molecule has 1 aliphatic rings. The zero-order chi connectivity index (χ0) is 8.10. The van der Waals surface area contributed by atoms with Gasteiger partial charge in [-0.25, -0.2) is 0 Å². The second-order valence-electron chi connectivity index (χ2n) is 2.65. The molecule has 0 radical (unpaired) electrons. The SMILES string of the molecule is ON=C1CCC=CCCC1Cl.